The van der Waals surface area contributed by atoms with Crippen molar-refractivity contribution in [2.75, 3.05) is 39.3 Å². The quantitative estimate of drug-likeness (QED) is 0.603. The van der Waals surface area contributed by atoms with Gasteiger partial charge < -0.3 is 14.5 Å². The Morgan fingerprint density at radius 1 is 1.23 bits per heavy atom. The van der Waals surface area contributed by atoms with Crippen molar-refractivity contribution in [3.05, 3.63) is 54.0 Å². The fourth-order valence-electron chi connectivity index (χ4n) is 4.35. The highest BCUT2D eigenvalue weighted by atomic mass is 16.5. The van der Waals surface area contributed by atoms with E-state index in [0.717, 1.165) is 44.0 Å². The van der Waals surface area contributed by atoms with E-state index in [1.165, 1.54) is 5.56 Å². The first-order valence-corrected chi connectivity index (χ1v) is 11.2. The van der Waals surface area contributed by atoms with Crippen LogP contribution in [0.25, 0.3) is 0 Å². The standard InChI is InChI=1S/C24H35N3O3/c1-4-26(5-2)22(23-10-8-16-30-23)17-25-24(28)18-27-15-7-9-21(27)19-11-13-20(14-12-19)29-6-3/h8,10-14,16,21-22H,4-7,9,15,17-18H2,1-3H3,(H,25,28). The van der Waals surface area contributed by atoms with Crippen LogP contribution in [0.5, 0.6) is 5.75 Å². The average molecular weight is 414 g/mol. The minimum absolute atomic E-state index is 0.0550. The molecule has 0 bridgehead atoms. The lowest BCUT2D eigenvalue weighted by Gasteiger charge is -2.29. The Morgan fingerprint density at radius 2 is 2.00 bits per heavy atom. The van der Waals surface area contributed by atoms with Gasteiger partial charge in [0.25, 0.3) is 0 Å². The highest BCUT2D eigenvalue weighted by Crippen LogP contribution is 2.32. The van der Waals surface area contributed by atoms with Crippen LogP contribution in [0.4, 0.5) is 0 Å². The molecule has 1 aromatic carbocycles. The third kappa shape index (κ3) is 5.64. The van der Waals surface area contributed by atoms with Gasteiger partial charge in [-0.1, -0.05) is 26.0 Å². The van der Waals surface area contributed by atoms with Gasteiger partial charge in [0.1, 0.15) is 11.5 Å². The summed E-state index contributed by atoms with van der Waals surface area (Å²) in [6.45, 7) is 10.6. The zero-order valence-electron chi connectivity index (χ0n) is 18.5. The summed E-state index contributed by atoms with van der Waals surface area (Å²) in [5.74, 6) is 1.85. The Kier molecular flexibility index (Phi) is 8.34. The maximum absolute atomic E-state index is 12.8. The van der Waals surface area contributed by atoms with Gasteiger partial charge in [-0.25, -0.2) is 0 Å². The molecular formula is C24H35N3O3. The first-order chi connectivity index (χ1) is 14.7. The third-order valence-electron chi connectivity index (χ3n) is 5.90. The van der Waals surface area contributed by atoms with E-state index in [4.69, 9.17) is 9.15 Å². The molecule has 1 aromatic heterocycles. The summed E-state index contributed by atoms with van der Waals surface area (Å²) in [4.78, 5) is 17.4. The predicted octanol–water partition coefficient (Wildman–Crippen LogP) is 4.01. The normalized spacial score (nSPS) is 17.9. The second-order valence-electron chi connectivity index (χ2n) is 7.69. The number of hydrogen-bond acceptors (Lipinski definition) is 5. The van der Waals surface area contributed by atoms with E-state index in [9.17, 15) is 4.79 Å². The van der Waals surface area contributed by atoms with Crippen LogP contribution in [-0.2, 0) is 4.79 Å². The highest BCUT2D eigenvalue weighted by Gasteiger charge is 2.28. The van der Waals surface area contributed by atoms with Crippen molar-refractivity contribution in [1.29, 1.82) is 0 Å². The number of carbonyl (C=O) groups is 1. The topological polar surface area (TPSA) is 58.0 Å². The van der Waals surface area contributed by atoms with Gasteiger partial charge in [-0.05, 0) is 69.2 Å². The summed E-state index contributed by atoms with van der Waals surface area (Å²) in [6.07, 6.45) is 3.88. The molecule has 2 aromatic rings. The van der Waals surface area contributed by atoms with E-state index in [1.807, 2.05) is 31.2 Å². The number of furan rings is 1. The molecule has 1 N–H and O–H groups in total. The molecule has 1 amide bonds. The van der Waals surface area contributed by atoms with Crippen LogP contribution >= 0.6 is 0 Å². The summed E-state index contributed by atoms with van der Waals surface area (Å²) >= 11 is 0. The van der Waals surface area contributed by atoms with Crippen LogP contribution in [0.3, 0.4) is 0 Å². The Morgan fingerprint density at radius 3 is 2.63 bits per heavy atom. The molecule has 0 spiro atoms. The van der Waals surface area contributed by atoms with Gasteiger partial charge in [-0.3, -0.25) is 14.6 Å². The molecule has 164 valence electrons. The molecule has 1 fully saturated rings. The number of likely N-dealkylation sites (N-methyl/N-ethyl adjacent to an activating group) is 1. The van der Waals surface area contributed by atoms with Gasteiger partial charge in [-0.15, -0.1) is 0 Å². The van der Waals surface area contributed by atoms with Crippen molar-refractivity contribution < 1.29 is 13.9 Å². The minimum Gasteiger partial charge on any atom is -0.494 e. The summed E-state index contributed by atoms with van der Waals surface area (Å²) < 4.78 is 11.2. The number of benzene rings is 1. The van der Waals surface area contributed by atoms with Crippen molar-refractivity contribution in [2.24, 2.45) is 0 Å². The fourth-order valence-corrected chi connectivity index (χ4v) is 4.35. The Balaban J connectivity index is 1.57. The molecule has 2 heterocycles. The molecule has 2 atom stereocenters. The van der Waals surface area contributed by atoms with Gasteiger partial charge in [0, 0.05) is 12.6 Å². The number of likely N-dealkylation sites (tertiary alicyclic amines) is 1. The second-order valence-corrected chi connectivity index (χ2v) is 7.69. The van der Waals surface area contributed by atoms with Crippen LogP contribution in [0.15, 0.2) is 47.1 Å². The van der Waals surface area contributed by atoms with E-state index >= 15 is 0 Å². The number of carbonyl (C=O) groups excluding carboxylic acids is 1. The van der Waals surface area contributed by atoms with Gasteiger partial charge >= 0.3 is 0 Å². The molecule has 2 unspecified atom stereocenters. The predicted molar refractivity (Wildman–Crippen MR) is 119 cm³/mol. The van der Waals surface area contributed by atoms with Crippen molar-refractivity contribution in [2.45, 2.75) is 45.7 Å². The van der Waals surface area contributed by atoms with Crippen molar-refractivity contribution >= 4 is 5.91 Å². The lowest BCUT2D eigenvalue weighted by molar-refractivity contribution is -0.122. The van der Waals surface area contributed by atoms with E-state index in [2.05, 4.69) is 41.1 Å². The van der Waals surface area contributed by atoms with Gasteiger partial charge in [0.15, 0.2) is 0 Å². The molecular weight excluding hydrogens is 378 g/mol. The zero-order chi connectivity index (χ0) is 21.3. The summed E-state index contributed by atoms with van der Waals surface area (Å²) in [5.41, 5.74) is 1.25. The minimum atomic E-state index is 0.0550. The molecule has 0 saturated carbocycles. The van der Waals surface area contributed by atoms with E-state index < -0.39 is 0 Å². The number of amides is 1. The maximum Gasteiger partial charge on any atom is 0.234 e. The molecule has 6 nitrogen and oxygen atoms in total. The molecule has 1 saturated heterocycles. The Hall–Kier alpha value is -2.31. The monoisotopic (exact) mass is 413 g/mol. The highest BCUT2D eigenvalue weighted by molar-refractivity contribution is 5.78. The Labute approximate surface area is 180 Å². The fraction of sp³-hybridized carbons (Fsp3) is 0.542. The molecule has 0 aliphatic carbocycles. The largest absolute Gasteiger partial charge is 0.494 e. The second kappa shape index (κ2) is 11.2. The van der Waals surface area contributed by atoms with Crippen LogP contribution in [-0.4, -0.2) is 55.0 Å². The zero-order valence-corrected chi connectivity index (χ0v) is 18.5. The van der Waals surface area contributed by atoms with Crippen LogP contribution < -0.4 is 10.1 Å². The molecule has 3 rings (SSSR count). The third-order valence-corrected chi connectivity index (χ3v) is 5.90. The lowest BCUT2D eigenvalue weighted by Crippen LogP contribution is -2.42. The van der Waals surface area contributed by atoms with Gasteiger partial charge in [-0.2, -0.15) is 0 Å². The number of nitrogens with zero attached hydrogens (tertiary/aromatic N) is 2. The number of rotatable bonds is 11. The van der Waals surface area contributed by atoms with E-state index in [1.54, 1.807) is 6.26 Å². The number of nitrogens with one attached hydrogen (secondary N) is 1. The first kappa shape index (κ1) is 22.4. The summed E-state index contributed by atoms with van der Waals surface area (Å²) in [6, 6.07) is 12.5. The van der Waals surface area contributed by atoms with Crippen molar-refractivity contribution in [3.63, 3.8) is 0 Å². The van der Waals surface area contributed by atoms with Gasteiger partial charge in [0.2, 0.25) is 5.91 Å². The van der Waals surface area contributed by atoms with Crippen LogP contribution in [0.2, 0.25) is 0 Å². The lowest BCUT2D eigenvalue weighted by atomic mass is 10.0. The average Bonchev–Trinajstić information content (AvgIpc) is 3.44. The molecule has 0 radical (unpaired) electrons. The first-order valence-electron chi connectivity index (χ1n) is 11.2. The number of hydrogen-bond donors (Lipinski definition) is 1. The van der Waals surface area contributed by atoms with Crippen LogP contribution in [0.1, 0.15) is 57.0 Å². The van der Waals surface area contributed by atoms with Crippen LogP contribution in [0, 0.1) is 0 Å². The SMILES string of the molecule is CCOc1ccc(C2CCCN2CC(=O)NCC(c2ccco2)N(CC)CC)cc1. The van der Waals surface area contributed by atoms with Crippen molar-refractivity contribution in [1.82, 2.24) is 15.1 Å². The smallest absolute Gasteiger partial charge is 0.234 e. The molecule has 1 aliphatic heterocycles. The maximum atomic E-state index is 12.8. The van der Waals surface area contributed by atoms with E-state index in [0.29, 0.717) is 19.7 Å². The summed E-state index contributed by atoms with van der Waals surface area (Å²) in [5, 5.41) is 3.14. The van der Waals surface area contributed by atoms with Gasteiger partial charge in [0.05, 0.1) is 25.5 Å². The summed E-state index contributed by atoms with van der Waals surface area (Å²) in [7, 11) is 0. The van der Waals surface area contributed by atoms with Crippen molar-refractivity contribution in [3.8, 4) is 5.75 Å². The Bertz CT molecular complexity index is 757. The number of ether oxygens (including phenoxy) is 1. The molecule has 30 heavy (non-hydrogen) atoms. The molecule has 1 aliphatic rings. The molecule has 6 heteroatoms. The van der Waals surface area contributed by atoms with E-state index in [-0.39, 0.29) is 18.0 Å².